The summed E-state index contributed by atoms with van der Waals surface area (Å²) in [4.78, 5) is 22.6. The van der Waals surface area contributed by atoms with Crippen molar-refractivity contribution in [2.45, 2.75) is 71.8 Å². The van der Waals surface area contributed by atoms with Gasteiger partial charge in [-0.05, 0) is 12.8 Å². The Morgan fingerprint density at radius 3 is 2.29 bits per heavy atom. The van der Waals surface area contributed by atoms with Crippen molar-refractivity contribution >= 4 is 12.2 Å². The maximum Gasteiger partial charge on any atom is 0.223 e. The van der Waals surface area contributed by atoms with Crippen LogP contribution in [-0.2, 0) is 9.59 Å². The second-order valence-corrected chi connectivity index (χ2v) is 4.79. The number of amides is 1. The molecule has 0 saturated heterocycles. The molecule has 0 aromatic carbocycles. The van der Waals surface area contributed by atoms with E-state index in [0.29, 0.717) is 0 Å². The highest BCUT2D eigenvalue weighted by Gasteiger charge is 2.16. The maximum absolute atomic E-state index is 11.8. The van der Waals surface area contributed by atoms with Crippen molar-refractivity contribution in [2.75, 3.05) is 0 Å². The van der Waals surface area contributed by atoms with E-state index in [4.69, 9.17) is 0 Å². The van der Waals surface area contributed by atoms with Crippen molar-refractivity contribution in [3.8, 4) is 0 Å². The van der Waals surface area contributed by atoms with Crippen molar-refractivity contribution in [2.24, 2.45) is 5.92 Å². The van der Waals surface area contributed by atoms with E-state index in [9.17, 15) is 9.59 Å². The number of hydrogen-bond acceptors (Lipinski definition) is 2. The second kappa shape index (κ2) is 10.3. The fraction of sp³-hybridized carbons (Fsp3) is 0.857. The van der Waals surface area contributed by atoms with Gasteiger partial charge in [0, 0.05) is 5.92 Å². The molecule has 0 fully saturated rings. The average Bonchev–Trinajstić information content (AvgIpc) is 2.34. The van der Waals surface area contributed by atoms with Crippen LogP contribution in [-0.4, -0.2) is 18.2 Å². The van der Waals surface area contributed by atoms with Crippen LogP contribution in [0.3, 0.4) is 0 Å². The normalized spacial score (nSPS) is 14.1. The Bertz CT molecular complexity index is 216. The Morgan fingerprint density at radius 2 is 1.76 bits per heavy atom. The molecule has 0 bridgehead atoms. The molecule has 0 rings (SSSR count). The summed E-state index contributed by atoms with van der Waals surface area (Å²) in [7, 11) is 0. The topological polar surface area (TPSA) is 46.2 Å². The third kappa shape index (κ3) is 7.94. The van der Waals surface area contributed by atoms with Crippen LogP contribution in [0.1, 0.15) is 65.7 Å². The van der Waals surface area contributed by atoms with Gasteiger partial charge in [-0.25, -0.2) is 0 Å². The summed E-state index contributed by atoms with van der Waals surface area (Å²) >= 11 is 0. The van der Waals surface area contributed by atoms with E-state index < -0.39 is 0 Å². The summed E-state index contributed by atoms with van der Waals surface area (Å²) in [6.45, 7) is 6.17. The number of nitrogens with one attached hydrogen (secondary N) is 1. The molecular formula is C14H27NO2. The van der Waals surface area contributed by atoms with Gasteiger partial charge in [-0.1, -0.05) is 52.9 Å². The molecule has 0 aliphatic rings. The van der Waals surface area contributed by atoms with E-state index in [-0.39, 0.29) is 17.9 Å². The van der Waals surface area contributed by atoms with Gasteiger partial charge >= 0.3 is 0 Å². The third-order valence-electron chi connectivity index (χ3n) is 3.05. The zero-order valence-electron chi connectivity index (χ0n) is 11.5. The summed E-state index contributed by atoms with van der Waals surface area (Å²) in [5.41, 5.74) is 0. The van der Waals surface area contributed by atoms with Crippen molar-refractivity contribution in [3.63, 3.8) is 0 Å². The number of aldehydes is 1. The first-order valence-electron chi connectivity index (χ1n) is 6.91. The molecule has 2 atom stereocenters. The molecule has 3 nitrogen and oxygen atoms in total. The average molecular weight is 241 g/mol. The van der Waals surface area contributed by atoms with Crippen molar-refractivity contribution in [3.05, 3.63) is 0 Å². The third-order valence-corrected chi connectivity index (χ3v) is 3.05. The lowest BCUT2D eigenvalue weighted by molar-refractivity contribution is -0.127. The molecular weight excluding hydrogens is 214 g/mol. The first-order chi connectivity index (χ1) is 8.15. The fourth-order valence-corrected chi connectivity index (χ4v) is 1.75. The Balaban J connectivity index is 3.91. The lowest BCUT2D eigenvalue weighted by Crippen LogP contribution is -2.39. The van der Waals surface area contributed by atoms with Crippen LogP contribution in [0.15, 0.2) is 0 Å². The van der Waals surface area contributed by atoms with Gasteiger partial charge < -0.3 is 10.1 Å². The zero-order chi connectivity index (χ0) is 13.1. The summed E-state index contributed by atoms with van der Waals surface area (Å²) in [6.07, 6.45) is 7.95. The molecule has 2 unspecified atom stereocenters. The molecule has 0 radical (unpaired) electrons. The van der Waals surface area contributed by atoms with Crippen LogP contribution in [0, 0.1) is 5.92 Å². The van der Waals surface area contributed by atoms with Crippen LogP contribution in [0.2, 0.25) is 0 Å². The van der Waals surface area contributed by atoms with E-state index in [1.54, 1.807) is 0 Å². The number of rotatable bonds is 10. The Hall–Kier alpha value is -0.860. The van der Waals surface area contributed by atoms with E-state index in [1.807, 2.05) is 6.92 Å². The van der Waals surface area contributed by atoms with Crippen LogP contribution < -0.4 is 5.32 Å². The van der Waals surface area contributed by atoms with Crippen molar-refractivity contribution in [1.29, 1.82) is 0 Å². The lowest BCUT2D eigenvalue weighted by atomic mass is 10.0. The molecule has 0 aromatic heterocycles. The molecule has 0 saturated carbocycles. The van der Waals surface area contributed by atoms with Gasteiger partial charge in [0.1, 0.15) is 6.29 Å². The van der Waals surface area contributed by atoms with Gasteiger partial charge in [0.2, 0.25) is 5.91 Å². The number of hydrogen-bond donors (Lipinski definition) is 1. The number of unbranched alkanes of at least 4 members (excludes halogenated alkanes) is 3. The zero-order valence-corrected chi connectivity index (χ0v) is 11.5. The highest BCUT2D eigenvalue weighted by atomic mass is 16.2. The van der Waals surface area contributed by atoms with Gasteiger partial charge in [-0.15, -0.1) is 0 Å². The van der Waals surface area contributed by atoms with Crippen LogP contribution in [0.25, 0.3) is 0 Å². The molecule has 0 aliphatic carbocycles. The molecule has 0 heterocycles. The number of carbonyl (C=O) groups excluding carboxylic acids is 2. The van der Waals surface area contributed by atoms with E-state index >= 15 is 0 Å². The minimum Gasteiger partial charge on any atom is -0.346 e. The molecule has 1 amide bonds. The smallest absolute Gasteiger partial charge is 0.223 e. The van der Waals surface area contributed by atoms with E-state index in [2.05, 4.69) is 19.2 Å². The van der Waals surface area contributed by atoms with Gasteiger partial charge in [0.15, 0.2) is 0 Å². The van der Waals surface area contributed by atoms with Crippen LogP contribution >= 0.6 is 0 Å². The monoisotopic (exact) mass is 241 g/mol. The highest BCUT2D eigenvalue weighted by molar-refractivity contribution is 5.81. The largest absolute Gasteiger partial charge is 0.346 e. The second-order valence-electron chi connectivity index (χ2n) is 4.79. The predicted molar refractivity (Wildman–Crippen MR) is 70.8 cm³/mol. The molecule has 0 spiro atoms. The summed E-state index contributed by atoms with van der Waals surface area (Å²) in [5.74, 6) is 0.0376. The standard InChI is InChI=1S/C14H27NO2/c1-4-6-8-10-13(11-16)15-14(17)12(3)9-7-5-2/h11-13H,4-10H2,1-3H3,(H,15,17). The van der Waals surface area contributed by atoms with Crippen LogP contribution in [0.5, 0.6) is 0 Å². The highest BCUT2D eigenvalue weighted by Crippen LogP contribution is 2.09. The molecule has 17 heavy (non-hydrogen) atoms. The van der Waals surface area contributed by atoms with Crippen molar-refractivity contribution in [1.82, 2.24) is 5.32 Å². The van der Waals surface area contributed by atoms with Crippen molar-refractivity contribution < 1.29 is 9.59 Å². The van der Waals surface area contributed by atoms with Gasteiger partial charge in [-0.2, -0.15) is 0 Å². The summed E-state index contributed by atoms with van der Waals surface area (Å²) in [5, 5.41) is 2.83. The molecule has 3 heteroatoms. The number of carbonyl (C=O) groups is 2. The summed E-state index contributed by atoms with van der Waals surface area (Å²) in [6, 6.07) is -0.293. The Labute approximate surface area is 105 Å². The molecule has 1 N–H and O–H groups in total. The SMILES string of the molecule is CCCCCC(C=O)NC(=O)C(C)CCCC. The minimum atomic E-state index is -0.293. The first-order valence-corrected chi connectivity index (χ1v) is 6.91. The van der Waals surface area contributed by atoms with Gasteiger partial charge in [0.05, 0.1) is 6.04 Å². The predicted octanol–water partition coefficient (Wildman–Crippen LogP) is 3.08. The quantitative estimate of drug-likeness (QED) is 0.472. The minimum absolute atomic E-state index is 0.0172. The van der Waals surface area contributed by atoms with E-state index in [1.165, 1.54) is 0 Å². The van der Waals surface area contributed by atoms with Gasteiger partial charge in [0.25, 0.3) is 0 Å². The first kappa shape index (κ1) is 16.1. The molecule has 0 aliphatic heterocycles. The Morgan fingerprint density at radius 1 is 1.12 bits per heavy atom. The summed E-state index contributed by atoms with van der Waals surface area (Å²) < 4.78 is 0. The van der Waals surface area contributed by atoms with Crippen LogP contribution in [0.4, 0.5) is 0 Å². The van der Waals surface area contributed by atoms with Gasteiger partial charge in [-0.3, -0.25) is 4.79 Å². The lowest BCUT2D eigenvalue weighted by Gasteiger charge is -2.16. The fourth-order valence-electron chi connectivity index (χ4n) is 1.75. The Kier molecular flexibility index (Phi) is 9.78. The van der Waals surface area contributed by atoms with E-state index in [0.717, 1.165) is 51.2 Å². The molecule has 100 valence electrons. The maximum atomic E-state index is 11.8. The molecule has 0 aromatic rings.